The van der Waals surface area contributed by atoms with Crippen molar-refractivity contribution in [1.29, 1.82) is 0 Å². The Morgan fingerprint density at radius 2 is 0.969 bits per heavy atom. The Bertz CT molecular complexity index is 1270. The smallest absolute Gasteiger partial charge is 0.0891 e. The summed E-state index contributed by atoms with van der Waals surface area (Å²) in [6.07, 6.45) is 0. The van der Waals surface area contributed by atoms with Gasteiger partial charge in [0.15, 0.2) is 0 Å². The van der Waals surface area contributed by atoms with Gasteiger partial charge in [-0.1, -0.05) is 94.3 Å². The molecule has 0 N–H and O–H groups in total. The van der Waals surface area contributed by atoms with Crippen LogP contribution < -0.4 is 10.4 Å². The van der Waals surface area contributed by atoms with Gasteiger partial charge in [0.05, 0.1) is 20.3 Å². The zero-order valence-electron chi connectivity index (χ0n) is 18.0. The number of benzene rings is 4. The summed E-state index contributed by atoms with van der Waals surface area (Å²) < 4.78 is 0. The first-order valence-corrected chi connectivity index (χ1v) is 13.1. The summed E-state index contributed by atoms with van der Waals surface area (Å²) in [5, 5.41) is 2.80. The van der Waals surface area contributed by atoms with Crippen molar-refractivity contribution in [3.05, 3.63) is 106 Å². The monoisotopic (exact) mass is 546 g/mol. The van der Waals surface area contributed by atoms with Crippen molar-refractivity contribution < 1.29 is 26.2 Å². The van der Waals surface area contributed by atoms with Crippen LogP contribution in [0.4, 0.5) is 0 Å². The molecule has 0 aliphatic heterocycles. The second kappa shape index (κ2) is 8.41. The molecule has 0 saturated heterocycles. The van der Waals surface area contributed by atoms with Gasteiger partial charge in [-0.15, -0.1) is 23.2 Å². The van der Waals surface area contributed by atoms with E-state index in [-0.39, 0.29) is 37.0 Å². The molecular weight excluding hydrogens is 527 g/mol. The van der Waals surface area contributed by atoms with Gasteiger partial charge in [-0.3, -0.25) is 0 Å². The fourth-order valence-corrected chi connectivity index (χ4v) is 8.93. The average molecular weight is 549 g/mol. The number of fused-ring (bicyclic) bond motifs is 6. The van der Waals surface area contributed by atoms with Crippen molar-refractivity contribution in [3.8, 4) is 22.3 Å². The van der Waals surface area contributed by atoms with Crippen molar-refractivity contribution in [2.45, 2.75) is 24.6 Å². The fraction of sp³-hybridized carbons (Fsp3) is 0.143. The summed E-state index contributed by atoms with van der Waals surface area (Å²) >= 11 is 14.1. The van der Waals surface area contributed by atoms with E-state index in [0.29, 0.717) is 0 Å². The molecular formula is C28H22Cl2SiZr. The van der Waals surface area contributed by atoms with E-state index in [1.807, 2.05) is 0 Å². The van der Waals surface area contributed by atoms with Gasteiger partial charge in [-0.25, -0.2) is 0 Å². The third kappa shape index (κ3) is 3.18. The van der Waals surface area contributed by atoms with Crippen LogP contribution >= 0.6 is 23.2 Å². The normalized spacial score (nSPS) is 17.6. The zero-order valence-corrected chi connectivity index (χ0v) is 23.4. The Labute approximate surface area is 220 Å². The predicted molar refractivity (Wildman–Crippen MR) is 136 cm³/mol. The van der Waals surface area contributed by atoms with Crippen LogP contribution in [0.25, 0.3) is 22.3 Å². The summed E-state index contributed by atoms with van der Waals surface area (Å²) in [6.45, 7) is 4.47. The minimum absolute atomic E-state index is 0. The Morgan fingerprint density at radius 1 is 0.562 bits per heavy atom. The van der Waals surface area contributed by atoms with Gasteiger partial charge in [-0.05, 0) is 58.4 Å². The van der Waals surface area contributed by atoms with Gasteiger partial charge >= 0.3 is 0 Å². The maximum absolute atomic E-state index is 7.07. The second-order valence-electron chi connectivity index (χ2n) is 8.72. The van der Waals surface area contributed by atoms with Crippen LogP contribution in [0, 0.1) is 13.8 Å². The maximum Gasteiger partial charge on any atom is 0.0891 e. The molecule has 0 radical (unpaired) electrons. The van der Waals surface area contributed by atoms with Gasteiger partial charge in [-0.2, -0.15) is 0 Å². The maximum atomic E-state index is 7.07. The van der Waals surface area contributed by atoms with Crippen LogP contribution in [0.2, 0.25) is 0 Å². The molecule has 32 heavy (non-hydrogen) atoms. The van der Waals surface area contributed by atoms with Crippen molar-refractivity contribution in [2.75, 3.05) is 0 Å². The molecule has 2 atom stereocenters. The van der Waals surface area contributed by atoms with Gasteiger partial charge in [0.1, 0.15) is 0 Å². The van der Waals surface area contributed by atoms with Crippen molar-refractivity contribution in [2.24, 2.45) is 0 Å². The summed E-state index contributed by atoms with van der Waals surface area (Å²) in [6, 6.07) is 26.2. The van der Waals surface area contributed by atoms with Crippen LogP contribution in [-0.2, 0) is 26.2 Å². The molecule has 0 fully saturated rings. The summed E-state index contributed by atoms with van der Waals surface area (Å²) in [5.74, 6) is 0. The minimum Gasteiger partial charge on any atom is -0.113 e. The molecule has 0 spiro atoms. The fourth-order valence-electron chi connectivity index (χ4n) is 5.48. The zero-order chi connectivity index (χ0) is 21.3. The molecule has 0 saturated carbocycles. The number of alkyl halides is 2. The second-order valence-corrected chi connectivity index (χ2v) is 11.4. The van der Waals surface area contributed by atoms with Crippen molar-refractivity contribution in [1.82, 2.24) is 0 Å². The van der Waals surface area contributed by atoms with E-state index >= 15 is 0 Å². The predicted octanol–water partition coefficient (Wildman–Crippen LogP) is 6.04. The molecule has 4 aromatic carbocycles. The summed E-state index contributed by atoms with van der Waals surface area (Å²) in [4.78, 5) is 0. The van der Waals surface area contributed by atoms with E-state index in [0.717, 1.165) is 0 Å². The molecule has 0 amide bonds. The van der Waals surface area contributed by atoms with Gasteiger partial charge in [0, 0.05) is 26.2 Å². The van der Waals surface area contributed by atoms with Crippen LogP contribution in [0.15, 0.2) is 72.8 Å². The van der Waals surface area contributed by atoms with Crippen molar-refractivity contribution >= 4 is 43.1 Å². The van der Waals surface area contributed by atoms with Crippen LogP contribution in [-0.4, -0.2) is 9.52 Å². The van der Waals surface area contributed by atoms with E-state index < -0.39 is 9.52 Å². The minimum atomic E-state index is -0.797. The molecule has 0 aromatic heterocycles. The molecule has 6 rings (SSSR count). The first-order valence-electron chi connectivity index (χ1n) is 10.8. The van der Waals surface area contributed by atoms with Crippen LogP contribution in [0.5, 0.6) is 0 Å². The first kappa shape index (κ1) is 22.4. The van der Waals surface area contributed by atoms with E-state index in [1.54, 1.807) is 0 Å². The third-order valence-electron chi connectivity index (χ3n) is 7.09. The van der Waals surface area contributed by atoms with E-state index in [2.05, 4.69) is 86.6 Å². The number of hydrogen-bond donors (Lipinski definition) is 0. The molecule has 0 heterocycles. The van der Waals surface area contributed by atoms with Crippen LogP contribution in [0.3, 0.4) is 0 Å². The SMILES string of the molecule is Cc1ccc2c(c1[SiH2]c1c(C)ccc3c1C(Cl)c1ccccc1-3)C(Cl)c1ccccc1-2.[Zr]. The number of aryl methyl sites for hydroxylation is 2. The molecule has 156 valence electrons. The molecule has 0 nitrogen and oxygen atoms in total. The number of hydrogen-bond acceptors (Lipinski definition) is 0. The Hall–Kier alpha value is -1.44. The van der Waals surface area contributed by atoms with Crippen molar-refractivity contribution in [3.63, 3.8) is 0 Å². The van der Waals surface area contributed by atoms with Gasteiger partial charge in [0.25, 0.3) is 0 Å². The standard InChI is InChI=1S/C28H22Cl2Si.Zr/c1-15-11-13-19-17-7-3-5-9-21(17)25(29)23(19)27(15)31-28-16(2)12-14-20-18-8-4-6-10-22(18)26(30)24(20)28;/h3-14,25-26H,31H2,1-2H3;. The van der Waals surface area contributed by atoms with Gasteiger partial charge < -0.3 is 0 Å². The van der Waals surface area contributed by atoms with Gasteiger partial charge in [0.2, 0.25) is 0 Å². The Morgan fingerprint density at radius 3 is 1.41 bits per heavy atom. The third-order valence-corrected chi connectivity index (χ3v) is 10.6. The van der Waals surface area contributed by atoms with Crippen LogP contribution in [0.1, 0.15) is 44.1 Å². The molecule has 2 unspecified atom stereocenters. The van der Waals surface area contributed by atoms with E-state index in [1.165, 1.54) is 66.0 Å². The molecule has 2 aliphatic rings. The summed E-state index contributed by atoms with van der Waals surface area (Å²) in [5.41, 5.74) is 13.0. The largest absolute Gasteiger partial charge is 0.113 e. The Kier molecular flexibility index (Phi) is 5.87. The summed E-state index contributed by atoms with van der Waals surface area (Å²) in [7, 11) is -0.797. The average Bonchev–Trinajstić information content (AvgIpc) is 3.24. The Balaban J connectivity index is 0.00000216. The van der Waals surface area contributed by atoms with E-state index in [9.17, 15) is 0 Å². The molecule has 4 aromatic rings. The quantitative estimate of drug-likeness (QED) is 0.212. The molecule has 2 aliphatic carbocycles. The molecule has 0 bridgehead atoms. The van der Waals surface area contributed by atoms with E-state index in [4.69, 9.17) is 23.2 Å². The first-order chi connectivity index (χ1) is 15.1. The topological polar surface area (TPSA) is 0 Å². The number of rotatable bonds is 2. The molecule has 4 heteroatoms. The number of halogens is 2.